The molecule has 0 aliphatic carbocycles. The lowest BCUT2D eigenvalue weighted by molar-refractivity contribution is 0.0912. The minimum Gasteiger partial charge on any atom is -0.491 e. The second kappa shape index (κ2) is 5.36. The molecule has 1 atom stereocenters. The van der Waals surface area contributed by atoms with Crippen LogP contribution in [-0.4, -0.2) is 28.3 Å². The monoisotopic (exact) mass is 271 g/mol. The Bertz CT molecular complexity index is 594. The molecule has 1 aromatic heterocycles. The quantitative estimate of drug-likeness (QED) is 0.901. The Labute approximate surface area is 117 Å². The van der Waals surface area contributed by atoms with Crippen molar-refractivity contribution in [2.75, 3.05) is 6.61 Å². The zero-order valence-corrected chi connectivity index (χ0v) is 11.4. The molecule has 2 aromatic rings. The fraction of sp³-hybridized carbons (Fsp3) is 0.333. The van der Waals surface area contributed by atoms with E-state index in [0.717, 1.165) is 18.6 Å². The lowest BCUT2D eigenvalue weighted by atomic mass is 10.1. The van der Waals surface area contributed by atoms with E-state index in [0.29, 0.717) is 12.3 Å². The van der Waals surface area contributed by atoms with E-state index < -0.39 is 0 Å². The molecule has 1 amide bonds. The SMILES string of the molecule is Cn1nccc1C(=O)NC1CCc2ccccc2OC1. The highest BCUT2D eigenvalue weighted by atomic mass is 16.5. The molecule has 0 bridgehead atoms. The van der Waals surface area contributed by atoms with Gasteiger partial charge in [0.2, 0.25) is 0 Å². The molecule has 2 heterocycles. The average molecular weight is 271 g/mol. The fourth-order valence-electron chi connectivity index (χ4n) is 2.42. The number of ether oxygens (including phenoxy) is 1. The van der Waals surface area contributed by atoms with Crippen LogP contribution < -0.4 is 10.1 Å². The van der Waals surface area contributed by atoms with Gasteiger partial charge in [-0.15, -0.1) is 0 Å². The molecule has 1 aromatic carbocycles. The first kappa shape index (κ1) is 12.7. The number of para-hydroxylation sites is 1. The van der Waals surface area contributed by atoms with Crippen LogP contribution >= 0.6 is 0 Å². The van der Waals surface area contributed by atoms with Crippen molar-refractivity contribution in [2.45, 2.75) is 18.9 Å². The number of benzene rings is 1. The van der Waals surface area contributed by atoms with E-state index in [1.54, 1.807) is 24.0 Å². The molecule has 1 unspecified atom stereocenters. The average Bonchev–Trinajstić information content (AvgIpc) is 2.78. The topological polar surface area (TPSA) is 56.2 Å². The van der Waals surface area contributed by atoms with Gasteiger partial charge in [0.05, 0.1) is 6.04 Å². The highest BCUT2D eigenvalue weighted by Crippen LogP contribution is 2.23. The number of hydrogen-bond donors (Lipinski definition) is 1. The van der Waals surface area contributed by atoms with Gasteiger partial charge in [-0.05, 0) is 30.5 Å². The maximum absolute atomic E-state index is 12.2. The molecule has 0 spiro atoms. The molecular formula is C15H17N3O2. The van der Waals surface area contributed by atoms with Gasteiger partial charge in [-0.2, -0.15) is 5.10 Å². The van der Waals surface area contributed by atoms with Crippen LogP contribution in [0.2, 0.25) is 0 Å². The number of carbonyl (C=O) groups is 1. The molecule has 5 nitrogen and oxygen atoms in total. The highest BCUT2D eigenvalue weighted by Gasteiger charge is 2.20. The van der Waals surface area contributed by atoms with Gasteiger partial charge in [0.1, 0.15) is 18.1 Å². The lowest BCUT2D eigenvalue weighted by Gasteiger charge is -2.16. The smallest absolute Gasteiger partial charge is 0.269 e. The summed E-state index contributed by atoms with van der Waals surface area (Å²) in [6.07, 6.45) is 3.40. The van der Waals surface area contributed by atoms with Crippen molar-refractivity contribution >= 4 is 5.91 Å². The summed E-state index contributed by atoms with van der Waals surface area (Å²) < 4.78 is 7.34. The summed E-state index contributed by atoms with van der Waals surface area (Å²) in [5, 5.41) is 7.02. The van der Waals surface area contributed by atoms with Crippen LogP contribution in [0, 0.1) is 0 Å². The third-order valence-corrected chi connectivity index (χ3v) is 3.56. The van der Waals surface area contributed by atoms with E-state index in [4.69, 9.17) is 4.74 Å². The number of hydrogen-bond acceptors (Lipinski definition) is 3. The summed E-state index contributed by atoms with van der Waals surface area (Å²) in [5.74, 6) is 0.814. The third kappa shape index (κ3) is 2.52. The van der Waals surface area contributed by atoms with Gasteiger partial charge in [0.25, 0.3) is 5.91 Å². The van der Waals surface area contributed by atoms with E-state index in [-0.39, 0.29) is 11.9 Å². The van der Waals surface area contributed by atoms with Gasteiger partial charge in [-0.3, -0.25) is 9.48 Å². The maximum Gasteiger partial charge on any atom is 0.269 e. The van der Waals surface area contributed by atoms with Gasteiger partial charge in [0.15, 0.2) is 0 Å². The minimum absolute atomic E-state index is 0.0183. The van der Waals surface area contributed by atoms with Crippen molar-refractivity contribution in [3.8, 4) is 5.75 Å². The number of aryl methyl sites for hydroxylation is 2. The largest absolute Gasteiger partial charge is 0.491 e. The lowest BCUT2D eigenvalue weighted by Crippen LogP contribution is -2.39. The van der Waals surface area contributed by atoms with Crippen LogP contribution in [0.1, 0.15) is 22.5 Å². The van der Waals surface area contributed by atoms with Crippen LogP contribution in [0.15, 0.2) is 36.5 Å². The van der Waals surface area contributed by atoms with Crippen LogP contribution in [0.5, 0.6) is 5.75 Å². The summed E-state index contributed by atoms with van der Waals surface area (Å²) >= 11 is 0. The number of carbonyl (C=O) groups excluding carboxylic acids is 1. The molecule has 5 heteroatoms. The number of nitrogens with zero attached hydrogens (tertiary/aromatic N) is 2. The predicted molar refractivity (Wildman–Crippen MR) is 74.7 cm³/mol. The van der Waals surface area contributed by atoms with Crippen LogP contribution in [0.25, 0.3) is 0 Å². The van der Waals surface area contributed by atoms with Gasteiger partial charge < -0.3 is 10.1 Å². The molecule has 1 aliphatic rings. The Morgan fingerprint density at radius 2 is 2.25 bits per heavy atom. The standard InChI is InChI=1S/C15H17N3O2/c1-18-13(8-9-16-18)15(19)17-12-7-6-11-4-2-3-5-14(11)20-10-12/h2-5,8-9,12H,6-7,10H2,1H3,(H,17,19). The molecule has 20 heavy (non-hydrogen) atoms. The number of nitrogens with one attached hydrogen (secondary N) is 1. The van der Waals surface area contributed by atoms with Crippen LogP contribution in [0.4, 0.5) is 0 Å². The normalized spacial score (nSPS) is 17.8. The van der Waals surface area contributed by atoms with Crippen molar-refractivity contribution in [3.05, 3.63) is 47.8 Å². The second-order valence-corrected chi connectivity index (χ2v) is 4.97. The molecule has 0 fully saturated rings. The molecule has 0 saturated heterocycles. The number of amides is 1. The summed E-state index contributed by atoms with van der Waals surface area (Å²) in [6.45, 7) is 0.501. The molecule has 1 aliphatic heterocycles. The predicted octanol–water partition coefficient (Wildman–Crippen LogP) is 1.54. The van der Waals surface area contributed by atoms with E-state index >= 15 is 0 Å². The Kier molecular flexibility index (Phi) is 3.41. The van der Waals surface area contributed by atoms with Gasteiger partial charge >= 0.3 is 0 Å². The number of rotatable bonds is 2. The van der Waals surface area contributed by atoms with Crippen LogP contribution in [-0.2, 0) is 13.5 Å². The Balaban J connectivity index is 1.66. The second-order valence-electron chi connectivity index (χ2n) is 4.97. The summed E-state index contributed by atoms with van der Waals surface area (Å²) in [4.78, 5) is 12.2. The van der Waals surface area contributed by atoms with E-state index in [9.17, 15) is 4.79 Å². The zero-order chi connectivity index (χ0) is 13.9. The number of fused-ring (bicyclic) bond motifs is 1. The first-order valence-corrected chi connectivity index (χ1v) is 6.73. The molecule has 1 N–H and O–H groups in total. The Hall–Kier alpha value is -2.30. The van der Waals surface area contributed by atoms with E-state index in [1.807, 2.05) is 18.2 Å². The molecular weight excluding hydrogens is 254 g/mol. The summed E-state index contributed by atoms with van der Waals surface area (Å²) in [7, 11) is 1.76. The van der Waals surface area contributed by atoms with Crippen molar-refractivity contribution in [2.24, 2.45) is 7.05 Å². The molecule has 0 saturated carbocycles. The summed E-state index contributed by atoms with van der Waals surface area (Å²) in [6, 6.07) is 9.75. The minimum atomic E-state index is -0.107. The Morgan fingerprint density at radius 3 is 3.05 bits per heavy atom. The van der Waals surface area contributed by atoms with Crippen molar-refractivity contribution < 1.29 is 9.53 Å². The molecule has 104 valence electrons. The first-order valence-electron chi connectivity index (χ1n) is 6.73. The van der Waals surface area contributed by atoms with Crippen molar-refractivity contribution in [1.29, 1.82) is 0 Å². The van der Waals surface area contributed by atoms with Gasteiger partial charge in [0, 0.05) is 13.2 Å². The Morgan fingerprint density at radius 1 is 1.40 bits per heavy atom. The highest BCUT2D eigenvalue weighted by molar-refractivity contribution is 5.92. The van der Waals surface area contributed by atoms with E-state index in [1.165, 1.54) is 5.56 Å². The molecule has 3 rings (SSSR count). The fourth-order valence-corrected chi connectivity index (χ4v) is 2.42. The zero-order valence-electron chi connectivity index (χ0n) is 11.4. The van der Waals surface area contributed by atoms with E-state index in [2.05, 4.69) is 16.5 Å². The molecule has 0 radical (unpaired) electrons. The van der Waals surface area contributed by atoms with Gasteiger partial charge in [-0.1, -0.05) is 18.2 Å². The van der Waals surface area contributed by atoms with Crippen molar-refractivity contribution in [1.82, 2.24) is 15.1 Å². The first-order chi connectivity index (χ1) is 9.74. The third-order valence-electron chi connectivity index (χ3n) is 3.56. The summed E-state index contributed by atoms with van der Waals surface area (Å²) in [5.41, 5.74) is 1.76. The van der Waals surface area contributed by atoms with Gasteiger partial charge in [-0.25, -0.2) is 0 Å². The van der Waals surface area contributed by atoms with Crippen LogP contribution in [0.3, 0.4) is 0 Å². The van der Waals surface area contributed by atoms with Crippen molar-refractivity contribution in [3.63, 3.8) is 0 Å². The maximum atomic E-state index is 12.2. The number of aromatic nitrogens is 2.